The van der Waals surface area contributed by atoms with Crippen molar-refractivity contribution in [3.05, 3.63) is 0 Å². The van der Waals surface area contributed by atoms with Gasteiger partial charge in [-0.3, -0.25) is 4.79 Å². The van der Waals surface area contributed by atoms with E-state index in [1.54, 1.807) is 0 Å². The van der Waals surface area contributed by atoms with Gasteiger partial charge >= 0.3 is 18.9 Å². The van der Waals surface area contributed by atoms with Crippen LogP contribution in [-0.4, -0.2) is 29.0 Å². The molecule has 2 nitrogen and oxygen atoms in total. The third-order valence-electron chi connectivity index (χ3n) is 1.29. The average molecular weight is 169 g/mol. The van der Waals surface area contributed by atoms with E-state index in [0.29, 0.717) is 0 Å². The van der Waals surface area contributed by atoms with Gasteiger partial charge in [0.05, 0.1) is 0 Å². The maximum absolute atomic E-state index is 11.1. The van der Waals surface area contributed by atoms with Crippen LogP contribution in [0.1, 0.15) is 22.2 Å². The molecular formula is C7H16LiNOS. The Morgan fingerprint density at radius 2 is 1.82 bits per heavy atom. The van der Waals surface area contributed by atoms with E-state index in [-0.39, 0.29) is 25.5 Å². The van der Waals surface area contributed by atoms with E-state index in [2.05, 4.69) is 0 Å². The van der Waals surface area contributed by atoms with E-state index < -0.39 is 0 Å². The molecule has 0 radical (unpaired) electrons. The van der Waals surface area contributed by atoms with Gasteiger partial charge in [-0.15, -0.1) is 0 Å². The van der Waals surface area contributed by atoms with Crippen LogP contribution in [-0.2, 0) is 0 Å². The molecule has 11 heavy (non-hydrogen) atoms. The molecule has 62 valence electrons. The normalized spacial score (nSPS) is 8.64. The van der Waals surface area contributed by atoms with E-state index in [4.69, 9.17) is 0 Å². The van der Waals surface area contributed by atoms with Gasteiger partial charge in [0.15, 0.2) is 0 Å². The topological polar surface area (TPSA) is 20.3 Å². The maximum Gasteiger partial charge on any atom is 1.00 e. The Morgan fingerprint density at radius 1 is 1.36 bits per heavy atom. The molecular weight excluding hydrogens is 153 g/mol. The molecule has 0 fully saturated rings. The van der Waals surface area contributed by atoms with Gasteiger partial charge in [-0.1, -0.05) is 18.7 Å². The fourth-order valence-electron chi connectivity index (χ4n) is 0.697. The molecule has 0 aromatic heterocycles. The van der Waals surface area contributed by atoms with Crippen molar-refractivity contribution in [3.63, 3.8) is 0 Å². The number of amides is 1. The van der Waals surface area contributed by atoms with E-state index >= 15 is 0 Å². The molecule has 0 heterocycles. The number of hydrogen-bond donors (Lipinski definition) is 0. The number of carbonyl (C=O) groups excluding carboxylic acids is 1. The number of hydrogen-bond acceptors (Lipinski definition) is 2. The largest absolute Gasteiger partial charge is 1.00 e. The maximum atomic E-state index is 11.1. The first-order valence-electron chi connectivity index (χ1n) is 3.67. The molecule has 0 aromatic carbocycles. The van der Waals surface area contributed by atoms with Crippen molar-refractivity contribution in [2.75, 3.05) is 18.8 Å². The average Bonchev–Trinajstić information content (AvgIpc) is 1.91. The molecule has 0 aliphatic carbocycles. The fraction of sp³-hybridized carbons (Fsp3) is 0.857. The van der Waals surface area contributed by atoms with Crippen LogP contribution in [0, 0.1) is 0 Å². The van der Waals surface area contributed by atoms with Gasteiger partial charge in [0, 0.05) is 13.1 Å². The van der Waals surface area contributed by atoms with Crippen LogP contribution in [0.15, 0.2) is 0 Å². The summed E-state index contributed by atoms with van der Waals surface area (Å²) in [5.74, 6) is 0.870. The number of nitrogens with zero attached hydrogens (tertiary/aromatic N) is 1. The van der Waals surface area contributed by atoms with Crippen LogP contribution >= 0.6 is 11.8 Å². The molecule has 4 heteroatoms. The smallest absolute Gasteiger partial charge is 1.00 e. The summed E-state index contributed by atoms with van der Waals surface area (Å²) in [7, 11) is 0. The quantitative estimate of drug-likeness (QED) is 0.522. The second-order valence-corrected chi connectivity index (χ2v) is 3.09. The van der Waals surface area contributed by atoms with Crippen molar-refractivity contribution in [2.24, 2.45) is 0 Å². The third-order valence-corrected chi connectivity index (χ3v) is 2.08. The molecule has 0 aromatic rings. The molecule has 0 aliphatic heterocycles. The molecule has 1 amide bonds. The second-order valence-electron chi connectivity index (χ2n) is 1.87. The van der Waals surface area contributed by atoms with E-state index in [9.17, 15) is 4.79 Å². The number of rotatable bonds is 3. The molecule has 0 bridgehead atoms. The van der Waals surface area contributed by atoms with E-state index in [1.807, 2.05) is 25.7 Å². The molecule has 0 saturated heterocycles. The molecule has 0 N–H and O–H groups in total. The molecule has 0 aliphatic rings. The zero-order chi connectivity index (χ0) is 7.98. The minimum absolute atomic E-state index is 0. The summed E-state index contributed by atoms with van der Waals surface area (Å²) in [5, 5.41) is 0.201. The molecule has 0 atom stereocenters. The zero-order valence-electron chi connectivity index (χ0n) is 8.89. The number of carbonyl (C=O) groups is 1. The van der Waals surface area contributed by atoms with Gasteiger partial charge in [-0.25, -0.2) is 0 Å². The van der Waals surface area contributed by atoms with E-state index in [1.165, 1.54) is 11.8 Å². The Bertz CT molecular complexity index is 112. The standard InChI is InChI=1S/C7H15NOS.Li.H/c1-4-8(5-2)7(9)10-6-3;;/h4-6H2,1-3H3;;/q;+1;-1. The predicted molar refractivity (Wildman–Crippen MR) is 47.6 cm³/mol. The minimum atomic E-state index is 0. The number of thioether (sulfide) groups is 1. The Labute approximate surface area is 86.8 Å². The zero-order valence-corrected chi connectivity index (χ0v) is 8.70. The van der Waals surface area contributed by atoms with Crippen molar-refractivity contribution in [1.82, 2.24) is 4.90 Å². The van der Waals surface area contributed by atoms with Crippen molar-refractivity contribution in [2.45, 2.75) is 20.8 Å². The first-order chi connectivity index (χ1) is 4.76. The van der Waals surface area contributed by atoms with Gasteiger partial charge in [-0.2, -0.15) is 0 Å². The van der Waals surface area contributed by atoms with Crippen molar-refractivity contribution in [3.8, 4) is 0 Å². The fourth-order valence-corrected chi connectivity index (χ4v) is 1.38. The van der Waals surface area contributed by atoms with Crippen LogP contribution in [0.5, 0.6) is 0 Å². The molecule has 0 unspecified atom stereocenters. The SMILES string of the molecule is CCSC(=O)N(CC)CC.[H-].[Li+]. The van der Waals surface area contributed by atoms with E-state index in [0.717, 1.165) is 18.8 Å². The minimum Gasteiger partial charge on any atom is -1.00 e. The van der Waals surface area contributed by atoms with Gasteiger partial charge in [0.2, 0.25) is 0 Å². The van der Waals surface area contributed by atoms with Crippen LogP contribution in [0.3, 0.4) is 0 Å². The monoisotopic (exact) mass is 169 g/mol. The first kappa shape index (κ1) is 14.0. The summed E-state index contributed by atoms with van der Waals surface area (Å²) in [6.07, 6.45) is 0. The first-order valence-corrected chi connectivity index (χ1v) is 4.66. The van der Waals surface area contributed by atoms with Crippen LogP contribution in [0.4, 0.5) is 4.79 Å². The summed E-state index contributed by atoms with van der Waals surface area (Å²) in [6.45, 7) is 7.63. The Kier molecular flexibility index (Phi) is 10.8. The Balaban J connectivity index is -0.000000405. The summed E-state index contributed by atoms with van der Waals surface area (Å²) >= 11 is 1.38. The predicted octanol–water partition coefficient (Wildman–Crippen LogP) is -0.682. The van der Waals surface area contributed by atoms with Gasteiger partial charge in [-0.05, 0) is 19.6 Å². The van der Waals surface area contributed by atoms with Crippen LogP contribution < -0.4 is 18.9 Å². The van der Waals surface area contributed by atoms with Crippen molar-refractivity contribution < 1.29 is 25.1 Å². The summed E-state index contributed by atoms with van der Waals surface area (Å²) in [4.78, 5) is 12.9. The van der Waals surface area contributed by atoms with Crippen LogP contribution in [0.25, 0.3) is 0 Å². The third kappa shape index (κ3) is 5.66. The second kappa shape index (κ2) is 8.51. The Hall–Kier alpha value is 0.417. The summed E-state index contributed by atoms with van der Waals surface area (Å²) < 4.78 is 0. The molecule has 0 rings (SSSR count). The van der Waals surface area contributed by atoms with Gasteiger partial charge < -0.3 is 6.33 Å². The molecule has 0 spiro atoms. The summed E-state index contributed by atoms with van der Waals surface area (Å²) in [5.41, 5.74) is 0. The van der Waals surface area contributed by atoms with Gasteiger partial charge in [0.25, 0.3) is 5.24 Å². The van der Waals surface area contributed by atoms with Crippen LogP contribution in [0.2, 0.25) is 0 Å². The van der Waals surface area contributed by atoms with Crippen molar-refractivity contribution in [1.29, 1.82) is 0 Å². The Morgan fingerprint density at radius 3 is 2.09 bits per heavy atom. The molecule has 0 saturated carbocycles. The van der Waals surface area contributed by atoms with Gasteiger partial charge in [0.1, 0.15) is 0 Å². The van der Waals surface area contributed by atoms with Crippen molar-refractivity contribution >= 4 is 17.0 Å². The summed E-state index contributed by atoms with van der Waals surface area (Å²) in [6, 6.07) is 0.